The van der Waals surface area contributed by atoms with Crippen molar-refractivity contribution in [2.24, 2.45) is 5.73 Å². The van der Waals surface area contributed by atoms with Gasteiger partial charge in [0.1, 0.15) is 0 Å². The van der Waals surface area contributed by atoms with Gasteiger partial charge in [0, 0.05) is 5.41 Å². The van der Waals surface area contributed by atoms with E-state index in [4.69, 9.17) is 5.73 Å². The summed E-state index contributed by atoms with van der Waals surface area (Å²) < 4.78 is 0. The van der Waals surface area contributed by atoms with Gasteiger partial charge in [0.25, 0.3) is 0 Å². The summed E-state index contributed by atoms with van der Waals surface area (Å²) in [7, 11) is 0. The lowest BCUT2D eigenvalue weighted by Crippen LogP contribution is -2.34. The zero-order valence-electron chi connectivity index (χ0n) is 29.6. The number of fused-ring (bicyclic) bond motifs is 2. The van der Waals surface area contributed by atoms with Crippen molar-refractivity contribution in [3.63, 3.8) is 0 Å². The smallest absolute Gasteiger partial charge is 0.0636 e. The quantitative estimate of drug-likeness (QED) is 0.173. The molecule has 2 unspecified atom stereocenters. The largest absolute Gasteiger partial charge is 0.318 e. The van der Waals surface area contributed by atoms with Crippen molar-refractivity contribution in [1.29, 1.82) is 0 Å². The maximum Gasteiger partial charge on any atom is 0.0636 e. The monoisotopic (exact) mass is 657 g/mol. The molecule has 2 atom stereocenters. The van der Waals surface area contributed by atoms with E-state index < -0.39 is 5.54 Å². The van der Waals surface area contributed by atoms with Crippen molar-refractivity contribution < 1.29 is 0 Å². The Morgan fingerprint density at radius 3 is 1.25 bits per heavy atom. The fraction of sp³-hybridized carbons (Fsp3) is 0.120. The molecule has 0 heterocycles. The summed E-state index contributed by atoms with van der Waals surface area (Å²) in [6.45, 7) is 6.71. The molecular formula is C50H43N. The molecule has 0 amide bonds. The first-order valence-corrected chi connectivity index (χ1v) is 18.0. The molecule has 0 aliphatic rings. The normalized spacial score (nSPS) is 13.9. The van der Waals surface area contributed by atoms with E-state index in [1.165, 1.54) is 66.1 Å². The molecule has 0 saturated heterocycles. The summed E-state index contributed by atoms with van der Waals surface area (Å²) in [5.74, 6) is 0. The van der Waals surface area contributed by atoms with E-state index in [2.05, 4.69) is 185 Å². The predicted octanol–water partition coefficient (Wildman–Crippen LogP) is 12.9. The van der Waals surface area contributed by atoms with Crippen LogP contribution in [0.2, 0.25) is 0 Å². The maximum absolute atomic E-state index is 6.81. The second kappa shape index (κ2) is 13.2. The Morgan fingerprint density at radius 1 is 0.392 bits per heavy atom. The van der Waals surface area contributed by atoms with Crippen LogP contribution in [-0.2, 0) is 11.0 Å². The Bertz CT molecular complexity index is 2460. The van der Waals surface area contributed by atoms with E-state index in [1.807, 2.05) is 18.2 Å². The number of nitrogens with two attached hydrogens (primary N) is 1. The van der Waals surface area contributed by atoms with Gasteiger partial charge in [-0.1, -0.05) is 184 Å². The number of hydrogen-bond donors (Lipinski definition) is 1. The zero-order valence-corrected chi connectivity index (χ0v) is 29.6. The second-order valence-electron chi connectivity index (χ2n) is 14.3. The molecule has 248 valence electrons. The minimum Gasteiger partial charge on any atom is -0.318 e. The van der Waals surface area contributed by atoms with Crippen LogP contribution in [0.3, 0.4) is 0 Å². The van der Waals surface area contributed by atoms with Gasteiger partial charge >= 0.3 is 0 Å². The summed E-state index contributed by atoms with van der Waals surface area (Å²) in [5.41, 5.74) is 18.5. The van der Waals surface area contributed by atoms with E-state index in [9.17, 15) is 0 Å². The van der Waals surface area contributed by atoms with Crippen LogP contribution in [0, 0.1) is 0 Å². The molecule has 0 spiro atoms. The van der Waals surface area contributed by atoms with Crippen molar-refractivity contribution in [2.75, 3.05) is 0 Å². The Balaban J connectivity index is 1.09. The summed E-state index contributed by atoms with van der Waals surface area (Å²) in [6, 6.07) is 66.1. The van der Waals surface area contributed by atoms with Crippen molar-refractivity contribution in [3.05, 3.63) is 204 Å². The van der Waals surface area contributed by atoms with Gasteiger partial charge in [-0.15, -0.1) is 0 Å². The molecule has 1 nitrogen and oxygen atoms in total. The number of rotatable bonds is 8. The standard InChI is InChI=1S/C50H43N/c1-4-49(2,41-15-7-5-8-16-41)42-27-21-35(22-28-42)37-25-31-45-39(33-37)13-11-19-47(45)48-20-12-14-40-34-38(26-32-46(40)48)36-23-29-44(30-24-36)50(3,51)43-17-9-6-10-18-43/h5-34H,4,51H2,1-3H3. The summed E-state index contributed by atoms with van der Waals surface area (Å²) in [5, 5.41) is 4.98. The van der Waals surface area contributed by atoms with Crippen molar-refractivity contribution in [1.82, 2.24) is 0 Å². The van der Waals surface area contributed by atoms with Gasteiger partial charge in [0.05, 0.1) is 5.54 Å². The van der Waals surface area contributed by atoms with Gasteiger partial charge in [-0.2, -0.15) is 0 Å². The molecule has 0 saturated carbocycles. The van der Waals surface area contributed by atoms with E-state index in [1.54, 1.807) is 0 Å². The molecule has 8 aromatic carbocycles. The van der Waals surface area contributed by atoms with E-state index in [-0.39, 0.29) is 5.41 Å². The molecular weight excluding hydrogens is 615 g/mol. The molecule has 0 aliphatic carbocycles. The lowest BCUT2D eigenvalue weighted by Gasteiger charge is -2.30. The molecule has 51 heavy (non-hydrogen) atoms. The third kappa shape index (κ3) is 5.94. The van der Waals surface area contributed by atoms with Crippen LogP contribution >= 0.6 is 0 Å². The van der Waals surface area contributed by atoms with Gasteiger partial charge in [0.2, 0.25) is 0 Å². The van der Waals surface area contributed by atoms with E-state index >= 15 is 0 Å². The molecule has 0 bridgehead atoms. The second-order valence-corrected chi connectivity index (χ2v) is 14.3. The fourth-order valence-electron chi connectivity index (χ4n) is 7.77. The van der Waals surface area contributed by atoms with Gasteiger partial charge < -0.3 is 5.73 Å². The molecule has 2 N–H and O–H groups in total. The molecule has 0 aromatic heterocycles. The Hall–Kier alpha value is -5.76. The highest BCUT2D eigenvalue weighted by Crippen LogP contribution is 2.39. The topological polar surface area (TPSA) is 26.0 Å². The Labute approximate surface area is 302 Å². The average Bonchev–Trinajstić information content (AvgIpc) is 3.20. The molecule has 8 aromatic rings. The van der Waals surface area contributed by atoms with Gasteiger partial charge in [-0.05, 0) is 103 Å². The van der Waals surface area contributed by atoms with Crippen molar-refractivity contribution in [2.45, 2.75) is 38.1 Å². The van der Waals surface area contributed by atoms with Crippen LogP contribution in [0.1, 0.15) is 49.4 Å². The van der Waals surface area contributed by atoms with Crippen molar-refractivity contribution in [3.8, 4) is 33.4 Å². The van der Waals surface area contributed by atoms with Crippen LogP contribution in [0.15, 0.2) is 182 Å². The maximum atomic E-state index is 6.81. The molecule has 8 rings (SSSR count). The summed E-state index contributed by atoms with van der Waals surface area (Å²) >= 11 is 0. The molecule has 1 heteroatoms. The Kier molecular flexibility index (Phi) is 8.38. The number of benzene rings is 8. The SMILES string of the molecule is CCC(C)(c1ccccc1)c1ccc(-c2ccc3c(-c4cccc5cc(-c6ccc(C(C)(N)c7ccccc7)cc6)ccc45)cccc3c2)cc1. The molecule has 0 aliphatic heterocycles. The molecule has 0 radical (unpaired) electrons. The number of hydrogen-bond acceptors (Lipinski definition) is 1. The minimum absolute atomic E-state index is 0.0168. The first kappa shape index (κ1) is 32.4. The lowest BCUT2D eigenvalue weighted by atomic mass is 9.74. The molecule has 0 fully saturated rings. The first-order chi connectivity index (χ1) is 24.8. The fourth-order valence-corrected chi connectivity index (χ4v) is 7.77. The van der Waals surface area contributed by atoms with Crippen LogP contribution < -0.4 is 5.73 Å². The highest BCUT2D eigenvalue weighted by Gasteiger charge is 2.27. The lowest BCUT2D eigenvalue weighted by molar-refractivity contribution is 0.550. The zero-order chi connectivity index (χ0) is 35.0. The van der Waals surface area contributed by atoms with Crippen molar-refractivity contribution >= 4 is 21.5 Å². The summed E-state index contributed by atoms with van der Waals surface area (Å²) in [4.78, 5) is 0. The van der Waals surface area contributed by atoms with Crippen LogP contribution in [0.25, 0.3) is 54.9 Å². The van der Waals surface area contributed by atoms with Crippen LogP contribution in [-0.4, -0.2) is 0 Å². The van der Waals surface area contributed by atoms with Crippen LogP contribution in [0.5, 0.6) is 0 Å². The minimum atomic E-state index is -0.554. The van der Waals surface area contributed by atoms with Crippen LogP contribution in [0.4, 0.5) is 0 Å². The van der Waals surface area contributed by atoms with Gasteiger partial charge in [-0.25, -0.2) is 0 Å². The van der Waals surface area contributed by atoms with Gasteiger partial charge in [-0.3, -0.25) is 0 Å². The van der Waals surface area contributed by atoms with Gasteiger partial charge in [0.15, 0.2) is 0 Å². The highest BCUT2D eigenvalue weighted by molar-refractivity contribution is 6.07. The average molecular weight is 658 g/mol. The van der Waals surface area contributed by atoms with E-state index in [0.29, 0.717) is 0 Å². The first-order valence-electron chi connectivity index (χ1n) is 18.0. The third-order valence-corrected chi connectivity index (χ3v) is 11.2. The predicted molar refractivity (Wildman–Crippen MR) is 218 cm³/mol. The van der Waals surface area contributed by atoms with E-state index in [0.717, 1.165) is 17.5 Å². The highest BCUT2D eigenvalue weighted by atomic mass is 14.7. The Morgan fingerprint density at radius 2 is 0.784 bits per heavy atom. The summed E-state index contributed by atoms with van der Waals surface area (Å²) in [6.07, 6.45) is 1.04. The third-order valence-electron chi connectivity index (χ3n) is 11.2.